The Morgan fingerprint density at radius 3 is 2.50 bits per heavy atom. The van der Waals surface area contributed by atoms with Crippen LogP contribution in [-0.4, -0.2) is 69.2 Å². The van der Waals surface area contributed by atoms with Gasteiger partial charge in [-0.15, -0.1) is 0 Å². The number of aromatic nitrogens is 2. The number of hydrogen-bond donors (Lipinski definition) is 3. The first kappa shape index (κ1) is 25.2. The maximum Gasteiger partial charge on any atom is 0.326 e. The fourth-order valence-electron chi connectivity index (χ4n) is 4.37. The van der Waals surface area contributed by atoms with Crippen molar-refractivity contribution in [2.24, 2.45) is 7.05 Å². The molecule has 3 rings (SSSR count). The number of aliphatic hydroxyl groups excluding tert-OH is 1. The molecule has 0 radical (unpaired) electrons. The second kappa shape index (κ2) is 11.6. The number of methoxy groups -OCH3 is 1. The Balaban J connectivity index is 1.75. The summed E-state index contributed by atoms with van der Waals surface area (Å²) in [5.74, 6) is -0.798. The lowest BCUT2D eigenvalue weighted by Gasteiger charge is -2.34. The monoisotopic (exact) mass is 472 g/mol. The van der Waals surface area contributed by atoms with Crippen LogP contribution in [0.3, 0.4) is 0 Å². The number of nitrogens with one attached hydrogen (secondary N) is 1. The smallest absolute Gasteiger partial charge is 0.326 e. The number of rotatable bonds is 9. The number of carboxylic acids is 1. The van der Waals surface area contributed by atoms with E-state index >= 15 is 0 Å². The van der Waals surface area contributed by atoms with Gasteiger partial charge in [-0.25, -0.2) is 14.3 Å². The second-order valence-electron chi connectivity index (χ2n) is 8.47. The number of carbonyl (C=O) groups excluding carboxylic acids is 1. The maximum atomic E-state index is 12.9. The maximum absolute atomic E-state index is 12.9. The first-order chi connectivity index (χ1) is 16.3. The van der Waals surface area contributed by atoms with E-state index in [4.69, 9.17) is 4.74 Å². The molecule has 0 spiro atoms. The third-order valence-electron chi connectivity index (χ3n) is 6.22. The largest absolute Gasteiger partial charge is 0.494 e. The number of ether oxygens (including phenoxy) is 1. The minimum absolute atomic E-state index is 0.00702. The third-order valence-corrected chi connectivity index (χ3v) is 6.22. The van der Waals surface area contributed by atoms with E-state index in [1.165, 1.54) is 18.0 Å². The molecular formula is C24H32N4O6. The molecule has 0 saturated heterocycles. The Morgan fingerprint density at radius 2 is 1.91 bits per heavy atom. The van der Waals surface area contributed by atoms with Crippen molar-refractivity contribution in [3.8, 4) is 16.9 Å². The molecule has 0 bridgehead atoms. The topological polar surface area (TPSA) is 134 Å². The van der Waals surface area contributed by atoms with Gasteiger partial charge in [0.1, 0.15) is 6.04 Å². The number of aryl methyl sites for hydroxylation is 1. The molecule has 0 unspecified atom stereocenters. The van der Waals surface area contributed by atoms with Gasteiger partial charge in [0.2, 0.25) is 0 Å². The standard InChI is InChI=1S/C24H32N4O6/c1-27-22(30)21(20(34-2)15-25-27)17-10-8-16(9-11-17)14-19(23(31)32)26-24(33)28(12-13-29)18-6-4-3-5-7-18/h8-11,15,18-19,29H,3-7,12-14H2,1-2H3,(H,26,33)(H,31,32)/t19-/m0/s1. The van der Waals surface area contributed by atoms with E-state index in [-0.39, 0.29) is 31.2 Å². The van der Waals surface area contributed by atoms with Gasteiger partial charge in [-0.3, -0.25) is 4.79 Å². The van der Waals surface area contributed by atoms with Gasteiger partial charge >= 0.3 is 12.0 Å². The number of nitrogens with zero attached hydrogens (tertiary/aromatic N) is 3. The highest BCUT2D eigenvalue weighted by atomic mass is 16.5. The Labute approximate surface area is 198 Å². The summed E-state index contributed by atoms with van der Waals surface area (Å²) in [4.78, 5) is 38.9. The van der Waals surface area contributed by atoms with Crippen molar-refractivity contribution in [2.45, 2.75) is 50.6 Å². The van der Waals surface area contributed by atoms with Crippen LogP contribution in [0.1, 0.15) is 37.7 Å². The Hall–Kier alpha value is -3.40. The summed E-state index contributed by atoms with van der Waals surface area (Å²) >= 11 is 0. The molecule has 1 atom stereocenters. The van der Waals surface area contributed by atoms with E-state index in [1.54, 1.807) is 36.2 Å². The van der Waals surface area contributed by atoms with E-state index < -0.39 is 18.0 Å². The predicted molar refractivity (Wildman–Crippen MR) is 126 cm³/mol. The van der Waals surface area contributed by atoms with Crippen LogP contribution in [0.25, 0.3) is 11.1 Å². The lowest BCUT2D eigenvalue weighted by atomic mass is 9.94. The van der Waals surface area contributed by atoms with E-state index in [1.807, 2.05) is 0 Å². The molecule has 184 valence electrons. The first-order valence-corrected chi connectivity index (χ1v) is 11.5. The number of hydrogen-bond acceptors (Lipinski definition) is 6. The van der Waals surface area contributed by atoms with Crippen LogP contribution in [0, 0.1) is 0 Å². The van der Waals surface area contributed by atoms with Gasteiger partial charge in [-0.05, 0) is 24.0 Å². The molecule has 2 amide bonds. The molecule has 2 aromatic rings. The average molecular weight is 473 g/mol. The van der Waals surface area contributed by atoms with Crippen LogP contribution < -0.4 is 15.6 Å². The lowest BCUT2D eigenvalue weighted by Crippen LogP contribution is -2.53. The van der Waals surface area contributed by atoms with Crippen LogP contribution in [-0.2, 0) is 18.3 Å². The normalized spacial score (nSPS) is 14.9. The summed E-state index contributed by atoms with van der Waals surface area (Å²) in [6.07, 6.45) is 6.39. The molecule has 1 heterocycles. The Kier molecular flexibility index (Phi) is 8.64. The van der Waals surface area contributed by atoms with E-state index in [9.17, 15) is 24.6 Å². The Bertz CT molecular complexity index is 1050. The highest BCUT2D eigenvalue weighted by Gasteiger charge is 2.28. The molecular weight excluding hydrogens is 440 g/mol. The highest BCUT2D eigenvalue weighted by Crippen LogP contribution is 2.26. The average Bonchev–Trinajstić information content (AvgIpc) is 2.84. The van der Waals surface area contributed by atoms with Crippen molar-refractivity contribution in [3.63, 3.8) is 0 Å². The van der Waals surface area contributed by atoms with Crippen molar-refractivity contribution in [1.82, 2.24) is 20.0 Å². The van der Waals surface area contributed by atoms with Gasteiger partial charge in [0.25, 0.3) is 5.56 Å². The fraction of sp³-hybridized carbons (Fsp3) is 0.500. The molecule has 10 nitrogen and oxygen atoms in total. The quantitative estimate of drug-likeness (QED) is 0.506. The number of aliphatic carboxylic acids is 1. The molecule has 1 aliphatic carbocycles. The minimum atomic E-state index is -1.14. The summed E-state index contributed by atoms with van der Waals surface area (Å²) in [5, 5.41) is 25.7. The zero-order chi connectivity index (χ0) is 24.7. The summed E-state index contributed by atoms with van der Waals surface area (Å²) in [5.41, 5.74) is 1.36. The predicted octanol–water partition coefficient (Wildman–Crippen LogP) is 1.79. The zero-order valence-corrected chi connectivity index (χ0v) is 19.6. The number of amides is 2. The first-order valence-electron chi connectivity index (χ1n) is 11.5. The van der Waals surface area contributed by atoms with Gasteiger partial charge in [0.15, 0.2) is 5.75 Å². The second-order valence-corrected chi connectivity index (χ2v) is 8.47. The molecule has 34 heavy (non-hydrogen) atoms. The summed E-state index contributed by atoms with van der Waals surface area (Å²) < 4.78 is 6.49. The SMILES string of the molecule is COc1cnn(C)c(=O)c1-c1ccc(C[C@H](NC(=O)N(CCO)C2CCCCC2)C(=O)O)cc1. The van der Waals surface area contributed by atoms with E-state index in [0.717, 1.165) is 32.1 Å². The van der Waals surface area contributed by atoms with Crippen molar-refractivity contribution < 1.29 is 24.5 Å². The number of carboxylic acid groups (broad SMARTS) is 1. The number of benzene rings is 1. The van der Waals surface area contributed by atoms with E-state index in [0.29, 0.717) is 22.4 Å². The molecule has 1 aliphatic rings. The molecule has 0 aliphatic heterocycles. The van der Waals surface area contributed by atoms with Crippen LogP contribution in [0.2, 0.25) is 0 Å². The van der Waals surface area contributed by atoms with Crippen molar-refractivity contribution in [1.29, 1.82) is 0 Å². The zero-order valence-electron chi connectivity index (χ0n) is 19.6. The van der Waals surface area contributed by atoms with Gasteiger partial charge < -0.3 is 25.2 Å². The van der Waals surface area contributed by atoms with Crippen LogP contribution in [0.15, 0.2) is 35.3 Å². The molecule has 1 aromatic carbocycles. The van der Waals surface area contributed by atoms with E-state index in [2.05, 4.69) is 10.4 Å². The van der Waals surface area contributed by atoms with Gasteiger partial charge in [0.05, 0.1) is 25.5 Å². The number of aliphatic hydroxyl groups is 1. The van der Waals surface area contributed by atoms with Gasteiger partial charge in [0, 0.05) is 26.1 Å². The summed E-state index contributed by atoms with van der Waals surface area (Å²) in [6.45, 7) is -0.0126. The van der Waals surface area contributed by atoms with Crippen molar-refractivity contribution in [3.05, 3.63) is 46.4 Å². The van der Waals surface area contributed by atoms with Crippen LogP contribution in [0.5, 0.6) is 5.75 Å². The lowest BCUT2D eigenvalue weighted by molar-refractivity contribution is -0.139. The van der Waals surface area contributed by atoms with Crippen molar-refractivity contribution in [2.75, 3.05) is 20.3 Å². The molecule has 3 N–H and O–H groups in total. The van der Waals surface area contributed by atoms with Gasteiger partial charge in [-0.1, -0.05) is 43.5 Å². The molecule has 1 aromatic heterocycles. The number of carbonyl (C=O) groups is 2. The molecule has 10 heteroatoms. The molecule has 1 fully saturated rings. The van der Waals surface area contributed by atoms with Crippen LogP contribution >= 0.6 is 0 Å². The van der Waals surface area contributed by atoms with Crippen molar-refractivity contribution >= 4 is 12.0 Å². The minimum Gasteiger partial charge on any atom is -0.494 e. The summed E-state index contributed by atoms with van der Waals surface area (Å²) in [6, 6.07) is 5.28. The van der Waals surface area contributed by atoms with Crippen LogP contribution in [0.4, 0.5) is 4.79 Å². The third kappa shape index (κ3) is 5.93. The van der Waals surface area contributed by atoms with Gasteiger partial charge in [-0.2, -0.15) is 5.10 Å². The molecule has 1 saturated carbocycles. The number of urea groups is 1. The fourth-order valence-corrected chi connectivity index (χ4v) is 4.37. The highest BCUT2D eigenvalue weighted by molar-refractivity contribution is 5.83. The Morgan fingerprint density at radius 1 is 1.24 bits per heavy atom. The summed E-state index contributed by atoms with van der Waals surface area (Å²) in [7, 11) is 3.01.